The topological polar surface area (TPSA) is 141 Å². The van der Waals surface area contributed by atoms with Crippen molar-refractivity contribution in [3.63, 3.8) is 0 Å². The van der Waals surface area contributed by atoms with Gasteiger partial charge in [0.05, 0.1) is 53.4 Å². The Labute approximate surface area is 226 Å². The summed E-state index contributed by atoms with van der Waals surface area (Å²) in [5.74, 6) is 1.48. The molecule has 0 bridgehead atoms. The highest BCUT2D eigenvalue weighted by molar-refractivity contribution is 7.22. The Hall–Kier alpha value is -5.02. The van der Waals surface area contributed by atoms with Crippen LogP contribution >= 0.6 is 11.3 Å². The standard InChI is InChI=1S/C27H20N6O5S/c1-14-6-20-24(36-12-17(38-20)13-37-27(34)31-16-4-3-5-29-10-16)25-22(14)33-26(39-25)18-7-15(9-28)8-19-23(18)30-11-21(32-19)35-2/h3-8,10-11,17H,12-13H2,1-2H3,(H,31,34)/t17-/m1/s1. The molecule has 1 atom stereocenters. The summed E-state index contributed by atoms with van der Waals surface area (Å²) in [5, 5.41) is 12.9. The number of aromatic nitrogens is 4. The molecule has 1 aliphatic heterocycles. The Morgan fingerprint density at radius 3 is 2.95 bits per heavy atom. The van der Waals surface area contributed by atoms with Gasteiger partial charge in [0.25, 0.3) is 0 Å². The van der Waals surface area contributed by atoms with E-state index >= 15 is 0 Å². The number of carbonyl (C=O) groups excluding carboxylic acids is 1. The van der Waals surface area contributed by atoms with Crippen LogP contribution in [-0.4, -0.2) is 52.5 Å². The van der Waals surface area contributed by atoms with Crippen molar-refractivity contribution in [3.05, 3.63) is 60.0 Å². The van der Waals surface area contributed by atoms with Gasteiger partial charge in [0.15, 0.2) is 17.6 Å². The molecule has 12 heteroatoms. The molecule has 0 spiro atoms. The van der Waals surface area contributed by atoms with Crippen molar-refractivity contribution in [1.29, 1.82) is 5.26 Å². The van der Waals surface area contributed by atoms with E-state index in [0.717, 1.165) is 15.8 Å². The third-order valence-corrected chi connectivity index (χ3v) is 7.07. The molecule has 6 rings (SSSR count). The van der Waals surface area contributed by atoms with Crippen LogP contribution in [0.25, 0.3) is 31.8 Å². The summed E-state index contributed by atoms with van der Waals surface area (Å²) in [7, 11) is 1.51. The molecule has 0 saturated heterocycles. The van der Waals surface area contributed by atoms with Gasteiger partial charge in [0.1, 0.15) is 22.9 Å². The first kappa shape index (κ1) is 24.3. The highest BCUT2D eigenvalue weighted by Gasteiger charge is 2.27. The summed E-state index contributed by atoms with van der Waals surface area (Å²) in [6.07, 6.45) is 3.59. The lowest BCUT2D eigenvalue weighted by Gasteiger charge is -2.26. The van der Waals surface area contributed by atoms with Gasteiger partial charge in [0, 0.05) is 11.8 Å². The quantitative estimate of drug-likeness (QED) is 0.328. The summed E-state index contributed by atoms with van der Waals surface area (Å²) < 4.78 is 23.5. The number of benzene rings is 2. The molecule has 0 saturated carbocycles. The fraction of sp³-hybridized carbons (Fsp3) is 0.185. The number of nitrogens with zero attached hydrogens (tertiary/aromatic N) is 5. The van der Waals surface area contributed by atoms with Crippen LogP contribution in [0.3, 0.4) is 0 Å². The van der Waals surface area contributed by atoms with E-state index in [1.165, 1.54) is 30.8 Å². The lowest BCUT2D eigenvalue weighted by atomic mass is 10.1. The Bertz CT molecular complexity index is 1770. The summed E-state index contributed by atoms with van der Waals surface area (Å²) in [6.45, 7) is 2.13. The number of hydrogen-bond donors (Lipinski definition) is 1. The first-order chi connectivity index (χ1) is 19.0. The Balaban J connectivity index is 1.28. The van der Waals surface area contributed by atoms with Gasteiger partial charge in [-0.1, -0.05) is 0 Å². The van der Waals surface area contributed by atoms with Gasteiger partial charge in [-0.05, 0) is 42.8 Å². The summed E-state index contributed by atoms with van der Waals surface area (Å²) >= 11 is 1.42. The van der Waals surface area contributed by atoms with E-state index in [2.05, 4.69) is 26.3 Å². The molecule has 3 aromatic heterocycles. The summed E-state index contributed by atoms with van der Waals surface area (Å²) in [4.78, 5) is 29.9. The zero-order valence-electron chi connectivity index (χ0n) is 20.8. The molecule has 5 aromatic rings. The largest absolute Gasteiger partial charge is 0.484 e. The fourth-order valence-electron chi connectivity index (χ4n) is 4.19. The van der Waals surface area contributed by atoms with Crippen LogP contribution in [0.5, 0.6) is 17.4 Å². The van der Waals surface area contributed by atoms with Gasteiger partial charge in [-0.25, -0.2) is 19.7 Å². The number of rotatable bonds is 5. The second kappa shape index (κ2) is 10.0. The van der Waals surface area contributed by atoms with E-state index < -0.39 is 12.2 Å². The van der Waals surface area contributed by atoms with Crippen LogP contribution in [0.1, 0.15) is 11.1 Å². The first-order valence-corrected chi connectivity index (χ1v) is 12.7. The van der Waals surface area contributed by atoms with Crippen molar-refractivity contribution >= 4 is 44.4 Å². The Kier molecular flexibility index (Phi) is 6.26. The zero-order chi connectivity index (χ0) is 26.9. The van der Waals surface area contributed by atoms with Crippen molar-refractivity contribution in [2.45, 2.75) is 13.0 Å². The van der Waals surface area contributed by atoms with Crippen molar-refractivity contribution < 1.29 is 23.7 Å². The van der Waals surface area contributed by atoms with Crippen LogP contribution in [0.2, 0.25) is 0 Å². The molecule has 0 fully saturated rings. The number of hydrogen-bond acceptors (Lipinski definition) is 11. The SMILES string of the molecule is COc1cnc2c(-c3nc4c(C)cc5c(c4s3)OC[C@H](COC(=O)Nc3cccnc3)O5)cc(C#N)cc2n1. The van der Waals surface area contributed by atoms with Crippen LogP contribution < -0.4 is 19.5 Å². The number of carbonyl (C=O) groups is 1. The van der Waals surface area contributed by atoms with E-state index in [9.17, 15) is 10.1 Å². The maximum atomic E-state index is 12.1. The third kappa shape index (κ3) is 4.71. The smallest absolute Gasteiger partial charge is 0.411 e. The number of methoxy groups -OCH3 is 1. The van der Waals surface area contributed by atoms with Gasteiger partial charge in [0.2, 0.25) is 5.88 Å². The molecule has 2 aromatic carbocycles. The average Bonchev–Trinajstić information content (AvgIpc) is 3.42. The average molecular weight is 541 g/mol. The lowest BCUT2D eigenvalue weighted by molar-refractivity contribution is 0.0383. The second-order valence-corrected chi connectivity index (χ2v) is 9.65. The molecule has 0 unspecified atom stereocenters. The summed E-state index contributed by atoms with van der Waals surface area (Å²) in [5.41, 5.74) is 4.46. The van der Waals surface area contributed by atoms with E-state index in [4.69, 9.17) is 23.9 Å². The Morgan fingerprint density at radius 1 is 1.26 bits per heavy atom. The van der Waals surface area contributed by atoms with Crippen molar-refractivity contribution in [3.8, 4) is 34.0 Å². The minimum Gasteiger partial charge on any atom is -0.484 e. The minimum absolute atomic E-state index is 0.00559. The number of nitrogens with one attached hydrogen (secondary N) is 1. The van der Waals surface area contributed by atoms with E-state index in [0.29, 0.717) is 50.2 Å². The molecule has 1 amide bonds. The van der Waals surface area contributed by atoms with Crippen molar-refractivity contribution in [2.75, 3.05) is 25.6 Å². The van der Waals surface area contributed by atoms with E-state index in [1.807, 2.05) is 13.0 Å². The van der Waals surface area contributed by atoms with Crippen molar-refractivity contribution in [1.82, 2.24) is 19.9 Å². The number of ether oxygens (including phenoxy) is 4. The van der Waals surface area contributed by atoms with Crippen LogP contribution in [-0.2, 0) is 4.74 Å². The molecule has 4 heterocycles. The van der Waals surface area contributed by atoms with Gasteiger partial charge < -0.3 is 18.9 Å². The molecule has 39 heavy (non-hydrogen) atoms. The highest BCUT2D eigenvalue weighted by Crippen LogP contribution is 2.46. The first-order valence-electron chi connectivity index (χ1n) is 11.8. The van der Waals surface area contributed by atoms with Gasteiger partial charge >= 0.3 is 6.09 Å². The molecule has 1 aliphatic rings. The minimum atomic E-state index is -0.608. The number of fused-ring (bicyclic) bond motifs is 4. The molecule has 194 valence electrons. The molecule has 0 aliphatic carbocycles. The summed E-state index contributed by atoms with van der Waals surface area (Å²) in [6, 6.07) is 10.9. The number of aryl methyl sites for hydroxylation is 1. The number of anilines is 1. The van der Waals surface area contributed by atoms with Crippen LogP contribution in [0.15, 0.2) is 48.9 Å². The lowest BCUT2D eigenvalue weighted by Crippen LogP contribution is -2.35. The second-order valence-electron chi connectivity index (χ2n) is 8.65. The predicted molar refractivity (Wildman–Crippen MR) is 143 cm³/mol. The molecule has 1 N–H and O–H groups in total. The molecule has 0 radical (unpaired) electrons. The third-order valence-electron chi connectivity index (χ3n) is 5.99. The predicted octanol–water partition coefficient (Wildman–Crippen LogP) is 4.88. The molecular formula is C27H20N6O5S. The van der Waals surface area contributed by atoms with E-state index in [1.54, 1.807) is 30.5 Å². The fourth-order valence-corrected chi connectivity index (χ4v) is 5.34. The maximum absolute atomic E-state index is 12.1. The Morgan fingerprint density at radius 2 is 2.15 bits per heavy atom. The monoisotopic (exact) mass is 540 g/mol. The number of amides is 1. The van der Waals surface area contributed by atoms with Crippen LogP contribution in [0, 0.1) is 18.3 Å². The van der Waals surface area contributed by atoms with Gasteiger partial charge in [-0.15, -0.1) is 11.3 Å². The molecule has 11 nitrogen and oxygen atoms in total. The normalized spacial score (nSPS) is 14.1. The van der Waals surface area contributed by atoms with E-state index in [-0.39, 0.29) is 13.2 Å². The van der Waals surface area contributed by atoms with Crippen molar-refractivity contribution in [2.24, 2.45) is 0 Å². The number of thiazole rings is 1. The van der Waals surface area contributed by atoms with Gasteiger partial charge in [-0.3, -0.25) is 10.3 Å². The highest BCUT2D eigenvalue weighted by atomic mass is 32.1. The van der Waals surface area contributed by atoms with Crippen LogP contribution in [0.4, 0.5) is 10.5 Å². The maximum Gasteiger partial charge on any atom is 0.411 e. The zero-order valence-corrected chi connectivity index (χ0v) is 21.6. The van der Waals surface area contributed by atoms with Gasteiger partial charge in [-0.2, -0.15) is 5.26 Å². The number of pyridine rings is 1. The number of nitriles is 1. The molecular weight excluding hydrogens is 520 g/mol.